The van der Waals surface area contributed by atoms with Crippen molar-refractivity contribution in [1.82, 2.24) is 19.9 Å². The number of methoxy groups -OCH3 is 1. The summed E-state index contributed by atoms with van der Waals surface area (Å²) in [7, 11) is 3.35. The van der Waals surface area contributed by atoms with Crippen molar-refractivity contribution < 1.29 is 9.26 Å². The molecule has 0 aliphatic carbocycles. The van der Waals surface area contributed by atoms with Crippen molar-refractivity contribution in [3.05, 3.63) is 47.9 Å². The third kappa shape index (κ3) is 2.38. The van der Waals surface area contributed by atoms with Crippen molar-refractivity contribution in [2.75, 3.05) is 12.8 Å². The molecule has 108 valence electrons. The minimum Gasteiger partial charge on any atom is -0.383 e. The molecule has 0 spiro atoms. The Balaban J connectivity index is 1.96. The zero-order valence-corrected chi connectivity index (χ0v) is 11.7. The average Bonchev–Trinajstić information content (AvgIpc) is 3.10. The van der Waals surface area contributed by atoms with Crippen LogP contribution in [-0.4, -0.2) is 27.0 Å². The van der Waals surface area contributed by atoms with Crippen molar-refractivity contribution in [2.45, 2.75) is 6.10 Å². The highest BCUT2D eigenvalue weighted by Crippen LogP contribution is 2.27. The molecule has 0 bridgehead atoms. The first-order chi connectivity index (χ1) is 10.2. The number of ether oxygens (including phenoxy) is 1. The van der Waals surface area contributed by atoms with E-state index in [0.717, 1.165) is 5.56 Å². The van der Waals surface area contributed by atoms with E-state index in [1.54, 1.807) is 25.0 Å². The molecule has 0 amide bonds. The first-order valence-corrected chi connectivity index (χ1v) is 6.40. The Morgan fingerprint density at radius 2 is 2.05 bits per heavy atom. The summed E-state index contributed by atoms with van der Waals surface area (Å²) in [4.78, 5) is 4.37. The lowest BCUT2D eigenvalue weighted by Gasteiger charge is -2.10. The molecular formula is C14H15N5O2. The molecular weight excluding hydrogens is 270 g/mol. The van der Waals surface area contributed by atoms with Crippen molar-refractivity contribution in [2.24, 2.45) is 7.05 Å². The Morgan fingerprint density at radius 3 is 2.67 bits per heavy atom. The van der Waals surface area contributed by atoms with Crippen LogP contribution in [0.2, 0.25) is 0 Å². The summed E-state index contributed by atoms with van der Waals surface area (Å²) in [5, 5.41) is 8.04. The van der Waals surface area contributed by atoms with Crippen LogP contribution < -0.4 is 5.73 Å². The van der Waals surface area contributed by atoms with E-state index >= 15 is 0 Å². The van der Waals surface area contributed by atoms with Gasteiger partial charge in [-0.15, -0.1) is 0 Å². The second-order valence-electron chi connectivity index (χ2n) is 4.55. The van der Waals surface area contributed by atoms with Crippen LogP contribution in [0.1, 0.15) is 17.5 Å². The van der Waals surface area contributed by atoms with Crippen LogP contribution >= 0.6 is 0 Å². The molecule has 7 nitrogen and oxygen atoms in total. The SMILES string of the molecule is COC(c1ccccc1)c1noc(-c2cnn(C)c2N)n1. The second kappa shape index (κ2) is 5.37. The van der Waals surface area contributed by atoms with Crippen LogP contribution in [0.3, 0.4) is 0 Å². The zero-order chi connectivity index (χ0) is 14.8. The Hall–Kier alpha value is -2.67. The number of nitrogens with zero attached hydrogens (tertiary/aromatic N) is 4. The zero-order valence-electron chi connectivity index (χ0n) is 11.7. The third-order valence-electron chi connectivity index (χ3n) is 3.23. The van der Waals surface area contributed by atoms with Crippen LogP contribution in [-0.2, 0) is 11.8 Å². The molecule has 0 fully saturated rings. The first-order valence-electron chi connectivity index (χ1n) is 6.40. The summed E-state index contributed by atoms with van der Waals surface area (Å²) in [6.45, 7) is 0. The Bertz CT molecular complexity index is 735. The predicted molar refractivity (Wildman–Crippen MR) is 76.2 cm³/mol. The van der Waals surface area contributed by atoms with Gasteiger partial charge < -0.3 is 15.0 Å². The number of nitrogens with two attached hydrogens (primary N) is 1. The Labute approximate surface area is 121 Å². The summed E-state index contributed by atoms with van der Waals surface area (Å²) in [6, 6.07) is 9.70. The second-order valence-corrected chi connectivity index (χ2v) is 4.55. The normalized spacial score (nSPS) is 12.5. The number of rotatable bonds is 4. The van der Waals surface area contributed by atoms with Crippen LogP contribution in [0.15, 0.2) is 41.1 Å². The van der Waals surface area contributed by atoms with Crippen LogP contribution in [0.5, 0.6) is 0 Å². The Morgan fingerprint density at radius 1 is 1.29 bits per heavy atom. The van der Waals surface area contributed by atoms with Gasteiger partial charge in [-0.3, -0.25) is 4.68 Å². The molecule has 1 unspecified atom stereocenters. The topological polar surface area (TPSA) is 92.0 Å². The maximum Gasteiger partial charge on any atom is 0.263 e. The van der Waals surface area contributed by atoms with E-state index in [1.165, 1.54) is 0 Å². The monoisotopic (exact) mass is 285 g/mol. The molecule has 2 aromatic heterocycles. The number of aromatic nitrogens is 4. The molecule has 2 heterocycles. The van der Waals surface area contributed by atoms with E-state index in [4.69, 9.17) is 15.0 Å². The highest BCUT2D eigenvalue weighted by atomic mass is 16.5. The summed E-state index contributed by atoms with van der Waals surface area (Å²) in [6.07, 6.45) is 1.21. The highest BCUT2D eigenvalue weighted by molar-refractivity contribution is 5.66. The number of anilines is 1. The average molecular weight is 285 g/mol. The fraction of sp³-hybridized carbons (Fsp3) is 0.214. The van der Waals surface area contributed by atoms with Crippen molar-refractivity contribution in [3.63, 3.8) is 0 Å². The number of aryl methyl sites for hydroxylation is 1. The smallest absolute Gasteiger partial charge is 0.263 e. The third-order valence-corrected chi connectivity index (χ3v) is 3.23. The van der Waals surface area contributed by atoms with Crippen LogP contribution in [0.4, 0.5) is 5.82 Å². The molecule has 0 saturated carbocycles. The summed E-state index contributed by atoms with van der Waals surface area (Å²) in [5.41, 5.74) is 7.47. The van der Waals surface area contributed by atoms with E-state index in [0.29, 0.717) is 23.1 Å². The number of nitrogen functional groups attached to an aromatic ring is 1. The van der Waals surface area contributed by atoms with E-state index in [-0.39, 0.29) is 6.10 Å². The lowest BCUT2D eigenvalue weighted by atomic mass is 10.1. The lowest BCUT2D eigenvalue weighted by Crippen LogP contribution is -2.05. The molecule has 7 heteroatoms. The molecule has 0 saturated heterocycles. The fourth-order valence-electron chi connectivity index (χ4n) is 2.08. The highest BCUT2D eigenvalue weighted by Gasteiger charge is 2.22. The van der Waals surface area contributed by atoms with E-state index in [9.17, 15) is 0 Å². The van der Waals surface area contributed by atoms with Gasteiger partial charge in [-0.05, 0) is 5.56 Å². The maximum atomic E-state index is 5.91. The van der Waals surface area contributed by atoms with Crippen molar-refractivity contribution in [1.29, 1.82) is 0 Å². The van der Waals surface area contributed by atoms with E-state index in [1.807, 2.05) is 30.3 Å². The van der Waals surface area contributed by atoms with Gasteiger partial charge in [0.15, 0.2) is 0 Å². The molecule has 1 aromatic carbocycles. The van der Waals surface area contributed by atoms with Gasteiger partial charge in [-0.25, -0.2) is 0 Å². The Kier molecular flexibility index (Phi) is 3.41. The molecule has 21 heavy (non-hydrogen) atoms. The quantitative estimate of drug-likeness (QED) is 0.785. The molecule has 2 N–H and O–H groups in total. The first kappa shape index (κ1) is 13.3. The number of hydrogen-bond donors (Lipinski definition) is 1. The van der Waals surface area contributed by atoms with Crippen molar-refractivity contribution in [3.8, 4) is 11.5 Å². The van der Waals surface area contributed by atoms with Gasteiger partial charge >= 0.3 is 0 Å². The number of benzene rings is 1. The fourth-order valence-corrected chi connectivity index (χ4v) is 2.08. The summed E-state index contributed by atoms with van der Waals surface area (Å²) < 4.78 is 12.3. The van der Waals surface area contributed by atoms with Gasteiger partial charge in [0.2, 0.25) is 5.82 Å². The maximum absolute atomic E-state index is 5.91. The van der Waals surface area contributed by atoms with Crippen LogP contribution in [0, 0.1) is 0 Å². The van der Waals surface area contributed by atoms with Gasteiger partial charge in [0.25, 0.3) is 5.89 Å². The predicted octanol–water partition coefficient (Wildman–Crippen LogP) is 1.79. The molecule has 3 aromatic rings. The van der Waals surface area contributed by atoms with Gasteiger partial charge in [-0.2, -0.15) is 10.1 Å². The van der Waals surface area contributed by atoms with Gasteiger partial charge in [0.1, 0.15) is 17.5 Å². The van der Waals surface area contributed by atoms with Gasteiger partial charge in [0, 0.05) is 14.2 Å². The minimum absolute atomic E-state index is 0.327. The lowest BCUT2D eigenvalue weighted by molar-refractivity contribution is 0.126. The molecule has 1 atom stereocenters. The van der Waals surface area contributed by atoms with E-state index < -0.39 is 0 Å². The summed E-state index contributed by atoms with van der Waals surface area (Å²) in [5.74, 6) is 1.24. The minimum atomic E-state index is -0.387. The van der Waals surface area contributed by atoms with E-state index in [2.05, 4.69) is 15.2 Å². The standard InChI is InChI=1S/C14H15N5O2/c1-19-12(15)10(8-16-19)14-17-13(18-21-14)11(20-2)9-6-4-3-5-7-9/h3-8,11H,15H2,1-2H3. The van der Waals surface area contributed by atoms with Gasteiger partial charge in [0.05, 0.1) is 6.20 Å². The largest absolute Gasteiger partial charge is 0.383 e. The number of hydrogen-bond acceptors (Lipinski definition) is 6. The van der Waals surface area contributed by atoms with Crippen LogP contribution in [0.25, 0.3) is 11.5 Å². The molecule has 0 radical (unpaired) electrons. The molecule has 0 aliphatic heterocycles. The summed E-state index contributed by atoms with van der Waals surface area (Å²) >= 11 is 0. The van der Waals surface area contributed by atoms with Gasteiger partial charge in [-0.1, -0.05) is 35.5 Å². The molecule has 3 rings (SSSR count). The van der Waals surface area contributed by atoms with Crippen molar-refractivity contribution >= 4 is 5.82 Å². The molecule has 0 aliphatic rings.